The number of fused-ring (bicyclic) bond motifs is 2. The maximum Gasteiger partial charge on any atom is 0.237 e. The molecular formula is C26H24FN7O2S. The van der Waals surface area contributed by atoms with Crippen LogP contribution >= 0.6 is 11.8 Å². The number of aromatic nitrogens is 3. The molecule has 3 heterocycles. The van der Waals surface area contributed by atoms with Crippen LogP contribution in [0.15, 0.2) is 41.8 Å². The fourth-order valence-electron chi connectivity index (χ4n) is 4.96. The number of hydrogen-bond donors (Lipinski definition) is 3. The van der Waals surface area contributed by atoms with Crippen LogP contribution in [0.25, 0.3) is 11.0 Å². The van der Waals surface area contributed by atoms with Crippen molar-refractivity contribution in [2.24, 2.45) is 16.6 Å². The maximum absolute atomic E-state index is 15.3. The summed E-state index contributed by atoms with van der Waals surface area (Å²) in [4.78, 5) is 30.8. The molecule has 3 atom stereocenters. The quantitative estimate of drug-likeness (QED) is 0.408. The number of amidine groups is 1. The first kappa shape index (κ1) is 23.5. The second kappa shape index (κ2) is 8.59. The molecule has 2 aromatic heterocycles. The van der Waals surface area contributed by atoms with Gasteiger partial charge in [0.05, 0.1) is 17.3 Å². The lowest BCUT2D eigenvalue weighted by Gasteiger charge is -2.34. The minimum atomic E-state index is -0.993. The number of ether oxygens (including phenoxy) is 1. The highest BCUT2D eigenvalue weighted by Gasteiger charge is 2.70. The van der Waals surface area contributed by atoms with E-state index < -0.39 is 16.1 Å². The van der Waals surface area contributed by atoms with E-state index in [2.05, 4.69) is 36.5 Å². The van der Waals surface area contributed by atoms with Crippen molar-refractivity contribution in [3.8, 4) is 18.1 Å². The van der Waals surface area contributed by atoms with Gasteiger partial charge in [0, 0.05) is 29.3 Å². The number of terminal acetylenes is 1. The van der Waals surface area contributed by atoms with Gasteiger partial charge in [0.25, 0.3) is 0 Å². The summed E-state index contributed by atoms with van der Waals surface area (Å²) in [6.45, 7) is 1.97. The topological polar surface area (TPSA) is 127 Å². The monoisotopic (exact) mass is 517 g/mol. The third-order valence-electron chi connectivity index (χ3n) is 7.06. The third-order valence-corrected chi connectivity index (χ3v) is 8.36. The zero-order valence-corrected chi connectivity index (χ0v) is 20.8. The maximum atomic E-state index is 15.3. The molecule has 1 amide bonds. The number of aliphatic imine (C=N–C) groups is 1. The van der Waals surface area contributed by atoms with Gasteiger partial charge in [0.2, 0.25) is 5.91 Å². The molecule has 0 spiro atoms. The fraction of sp³-hybridized carbons (Fsp3) is 0.346. The summed E-state index contributed by atoms with van der Waals surface area (Å²) in [5.41, 5.74) is 7.24. The molecule has 9 nitrogen and oxygen atoms in total. The number of halogens is 1. The Hall–Kier alpha value is -3.91. The standard InChI is InChI=1S/C26H24FN7O2S/c1-3-8-36-16-10-19-21(29-12-16)22(31-13-30-19)32-15-6-7-18(27)17(9-15)25(2)20-11-26(20,37-24(28)34-25)23(35)33-14-4-5-14/h1,6-7,9-10,12-14,20H,4-5,8,11H2,2H3,(H2,28,34)(H,33,35)(H,30,31,32)/t20-,25+,26-/m0/s1. The fourth-order valence-corrected chi connectivity index (χ4v) is 6.34. The SMILES string of the molecule is C#CCOc1cnc2c(Nc3ccc(F)c([C@@]4(C)N=C(N)S[C@@]5(C(=O)NC6CC6)C[C@H]54)c3)ncnc2c1. The van der Waals surface area contributed by atoms with Gasteiger partial charge in [-0.3, -0.25) is 9.79 Å². The van der Waals surface area contributed by atoms with E-state index in [-0.39, 0.29) is 29.6 Å². The lowest BCUT2D eigenvalue weighted by atomic mass is 9.85. The van der Waals surface area contributed by atoms with Gasteiger partial charge in [-0.15, -0.1) is 6.42 Å². The van der Waals surface area contributed by atoms with Gasteiger partial charge in [0.1, 0.15) is 34.8 Å². The summed E-state index contributed by atoms with van der Waals surface area (Å²) in [6.07, 6.45) is 10.8. The minimum absolute atomic E-state index is 0.0344. The zero-order chi connectivity index (χ0) is 25.8. The predicted molar refractivity (Wildman–Crippen MR) is 140 cm³/mol. The summed E-state index contributed by atoms with van der Waals surface area (Å²) in [7, 11) is 0. The van der Waals surface area contributed by atoms with Crippen molar-refractivity contribution in [3.05, 3.63) is 48.2 Å². The highest BCUT2D eigenvalue weighted by molar-refractivity contribution is 8.15. The van der Waals surface area contributed by atoms with Crippen molar-refractivity contribution in [3.63, 3.8) is 0 Å². The Balaban J connectivity index is 1.31. The van der Waals surface area contributed by atoms with Crippen LogP contribution in [-0.2, 0) is 10.3 Å². The minimum Gasteiger partial charge on any atom is -0.479 e. The Morgan fingerprint density at radius 1 is 1.32 bits per heavy atom. The number of hydrogen-bond acceptors (Lipinski definition) is 9. The third kappa shape index (κ3) is 4.11. The molecular weight excluding hydrogens is 493 g/mol. The molecule has 37 heavy (non-hydrogen) atoms. The van der Waals surface area contributed by atoms with Crippen LogP contribution in [0.5, 0.6) is 5.75 Å². The van der Waals surface area contributed by atoms with Gasteiger partial charge >= 0.3 is 0 Å². The van der Waals surface area contributed by atoms with Crippen molar-refractivity contribution in [2.75, 3.05) is 11.9 Å². The number of anilines is 2. The number of nitrogens with one attached hydrogen (secondary N) is 2. The predicted octanol–water partition coefficient (Wildman–Crippen LogP) is 3.23. The largest absolute Gasteiger partial charge is 0.479 e. The smallest absolute Gasteiger partial charge is 0.237 e. The van der Waals surface area contributed by atoms with Gasteiger partial charge in [-0.25, -0.2) is 19.3 Å². The van der Waals surface area contributed by atoms with Crippen molar-refractivity contribution in [1.82, 2.24) is 20.3 Å². The molecule has 4 N–H and O–H groups in total. The highest BCUT2D eigenvalue weighted by Crippen LogP contribution is 2.66. The van der Waals surface area contributed by atoms with Crippen molar-refractivity contribution < 1.29 is 13.9 Å². The van der Waals surface area contributed by atoms with Crippen LogP contribution in [-0.4, -0.2) is 43.4 Å². The molecule has 1 aromatic carbocycles. The molecule has 0 saturated heterocycles. The van der Waals surface area contributed by atoms with Crippen LogP contribution in [0.2, 0.25) is 0 Å². The van der Waals surface area contributed by atoms with Crippen molar-refractivity contribution in [1.29, 1.82) is 0 Å². The number of nitrogens with zero attached hydrogens (tertiary/aromatic N) is 4. The Morgan fingerprint density at radius 3 is 2.95 bits per heavy atom. The summed E-state index contributed by atoms with van der Waals surface area (Å²) in [5.74, 6) is 2.73. The first-order chi connectivity index (χ1) is 17.8. The average molecular weight is 518 g/mol. The number of carbonyl (C=O) groups is 1. The van der Waals surface area contributed by atoms with Gasteiger partial charge in [0.15, 0.2) is 11.0 Å². The van der Waals surface area contributed by atoms with E-state index in [0.717, 1.165) is 12.8 Å². The lowest BCUT2D eigenvalue weighted by Crippen LogP contribution is -2.44. The second-order valence-electron chi connectivity index (χ2n) is 9.67. The summed E-state index contributed by atoms with van der Waals surface area (Å²) in [6, 6.07) is 6.65. The average Bonchev–Trinajstić information content (AvgIpc) is 3.80. The number of pyridine rings is 1. The molecule has 0 bridgehead atoms. The van der Waals surface area contributed by atoms with Gasteiger partial charge < -0.3 is 21.1 Å². The van der Waals surface area contributed by atoms with E-state index in [9.17, 15) is 4.79 Å². The van der Waals surface area contributed by atoms with Crippen LogP contribution in [0.4, 0.5) is 15.9 Å². The number of rotatable bonds is 7. The van der Waals surface area contributed by atoms with E-state index in [4.69, 9.17) is 16.9 Å². The van der Waals surface area contributed by atoms with Crippen molar-refractivity contribution in [2.45, 2.75) is 42.5 Å². The molecule has 188 valence electrons. The summed E-state index contributed by atoms with van der Waals surface area (Å²) < 4.78 is 20.0. The van der Waals surface area contributed by atoms with Crippen LogP contribution in [0, 0.1) is 24.1 Å². The Bertz CT molecular complexity index is 1500. The number of amides is 1. The lowest BCUT2D eigenvalue weighted by molar-refractivity contribution is -0.121. The zero-order valence-electron chi connectivity index (χ0n) is 20.0. The van der Waals surface area contributed by atoms with E-state index in [1.54, 1.807) is 24.4 Å². The first-order valence-electron chi connectivity index (χ1n) is 11.9. The molecule has 11 heteroatoms. The van der Waals surface area contributed by atoms with Crippen LogP contribution in [0.3, 0.4) is 0 Å². The van der Waals surface area contributed by atoms with E-state index in [1.807, 2.05) is 6.92 Å². The molecule has 6 rings (SSSR count). The Kier molecular flexibility index (Phi) is 5.45. The van der Waals surface area contributed by atoms with Gasteiger partial charge in [-0.2, -0.15) is 0 Å². The van der Waals surface area contributed by atoms with E-state index in [0.29, 0.717) is 40.3 Å². The molecule has 1 aliphatic heterocycles. The Morgan fingerprint density at radius 2 is 2.16 bits per heavy atom. The molecule has 2 saturated carbocycles. The molecule has 2 fully saturated rings. The number of carbonyl (C=O) groups excluding carboxylic acids is 1. The number of benzene rings is 1. The van der Waals surface area contributed by atoms with Gasteiger partial charge in [-0.1, -0.05) is 17.7 Å². The van der Waals surface area contributed by atoms with Gasteiger partial charge in [-0.05, 0) is 44.4 Å². The van der Waals surface area contributed by atoms with E-state index >= 15 is 4.39 Å². The number of nitrogens with two attached hydrogens (primary N) is 1. The first-order valence-corrected chi connectivity index (χ1v) is 12.7. The normalized spacial score (nSPS) is 26.0. The molecule has 3 aromatic rings. The highest BCUT2D eigenvalue weighted by atomic mass is 32.2. The molecule has 2 aliphatic carbocycles. The van der Waals surface area contributed by atoms with Crippen LogP contribution < -0.4 is 21.1 Å². The Labute approximate surface area is 216 Å². The van der Waals surface area contributed by atoms with Crippen LogP contribution in [0.1, 0.15) is 31.7 Å². The van der Waals surface area contributed by atoms with Crippen molar-refractivity contribution >= 4 is 45.4 Å². The number of thioether (sulfide) groups is 1. The van der Waals surface area contributed by atoms with E-state index in [1.165, 1.54) is 24.2 Å². The molecule has 3 aliphatic rings. The summed E-state index contributed by atoms with van der Waals surface area (Å²) in [5, 5.41) is 6.60. The summed E-state index contributed by atoms with van der Waals surface area (Å²) >= 11 is 1.29. The molecule has 0 unspecified atom stereocenters. The second-order valence-corrected chi connectivity index (χ2v) is 11.0. The molecule has 0 radical (unpaired) electrons.